The summed E-state index contributed by atoms with van der Waals surface area (Å²) in [7, 11) is 0. The largest absolute Gasteiger partial charge is 0.287 e. The summed E-state index contributed by atoms with van der Waals surface area (Å²) in [5.74, 6) is 0.760. The van der Waals surface area contributed by atoms with Crippen LogP contribution in [0.25, 0.3) is 22.8 Å². The van der Waals surface area contributed by atoms with E-state index in [0.717, 1.165) is 0 Å². The number of hydrogen-bond acceptors (Lipinski definition) is 10. The van der Waals surface area contributed by atoms with Crippen LogP contribution >= 0.6 is 0 Å². The Labute approximate surface area is 166 Å². The highest BCUT2D eigenvalue weighted by atomic mass is 16.6. The van der Waals surface area contributed by atoms with Gasteiger partial charge in [0.15, 0.2) is 11.6 Å². The van der Waals surface area contributed by atoms with E-state index >= 15 is 0 Å². The van der Waals surface area contributed by atoms with E-state index in [1.165, 1.54) is 48.5 Å². The average molecular weight is 406 g/mol. The number of rotatable bonds is 6. The maximum atomic E-state index is 10.7. The van der Waals surface area contributed by atoms with Gasteiger partial charge in [-0.25, -0.2) is 0 Å². The molecule has 0 aliphatic rings. The molecule has 2 aromatic heterocycles. The number of benzene rings is 2. The summed E-state index contributed by atoms with van der Waals surface area (Å²) in [5, 5.41) is 42.2. The van der Waals surface area contributed by atoms with Crippen molar-refractivity contribution in [3.63, 3.8) is 0 Å². The van der Waals surface area contributed by atoms with Crippen molar-refractivity contribution in [3.05, 3.63) is 68.8 Å². The Bertz CT molecular complexity index is 1150. The minimum absolute atomic E-state index is 0.0186. The Balaban J connectivity index is 1.47. The van der Waals surface area contributed by atoms with E-state index in [0.29, 0.717) is 22.8 Å². The van der Waals surface area contributed by atoms with Gasteiger partial charge in [0.2, 0.25) is 0 Å². The van der Waals surface area contributed by atoms with E-state index in [1.807, 2.05) is 0 Å². The van der Waals surface area contributed by atoms with Crippen molar-refractivity contribution in [1.82, 2.24) is 30.4 Å². The topological polar surface area (TPSA) is 194 Å². The summed E-state index contributed by atoms with van der Waals surface area (Å²) >= 11 is 0. The zero-order valence-corrected chi connectivity index (χ0v) is 14.8. The maximum absolute atomic E-state index is 10.7. The molecule has 4 rings (SSSR count). The standard InChI is InChI=1S/C16H10N10O4/c27-25(28)11-5-1-9(2-6-11)13-17-15(21-19-13)23-24-16-18-14(20-22-16)10-3-7-12(8-4-10)26(29)30/h1-8H,(H,17,19,21)(H,18,20,22). The lowest BCUT2D eigenvalue weighted by Crippen LogP contribution is -1.87. The molecule has 0 aliphatic carbocycles. The van der Waals surface area contributed by atoms with Gasteiger partial charge >= 0.3 is 0 Å². The molecule has 0 saturated heterocycles. The summed E-state index contributed by atoms with van der Waals surface area (Å²) < 4.78 is 0. The number of nitro groups is 2. The first-order valence-corrected chi connectivity index (χ1v) is 8.26. The van der Waals surface area contributed by atoms with Crippen molar-refractivity contribution in [2.24, 2.45) is 10.2 Å². The maximum Gasteiger partial charge on any atom is 0.287 e. The molecule has 14 nitrogen and oxygen atoms in total. The van der Waals surface area contributed by atoms with Gasteiger partial charge in [0.25, 0.3) is 23.3 Å². The first-order valence-electron chi connectivity index (χ1n) is 8.26. The smallest absolute Gasteiger partial charge is 0.258 e. The number of nitro benzene ring substituents is 2. The fraction of sp³-hybridized carbons (Fsp3) is 0. The van der Waals surface area contributed by atoms with Crippen LogP contribution in [0, 0.1) is 20.2 Å². The summed E-state index contributed by atoms with van der Waals surface area (Å²) in [4.78, 5) is 28.7. The highest BCUT2D eigenvalue weighted by Crippen LogP contribution is 2.23. The molecule has 2 aromatic carbocycles. The quantitative estimate of drug-likeness (QED) is 0.276. The fourth-order valence-electron chi connectivity index (χ4n) is 2.43. The summed E-state index contributed by atoms with van der Waals surface area (Å²) in [5.41, 5.74) is 1.11. The molecule has 0 aliphatic heterocycles. The van der Waals surface area contributed by atoms with Crippen LogP contribution in [0.4, 0.5) is 23.3 Å². The van der Waals surface area contributed by atoms with Crippen LogP contribution in [0.1, 0.15) is 0 Å². The molecule has 2 heterocycles. The van der Waals surface area contributed by atoms with Gasteiger partial charge in [0.1, 0.15) is 0 Å². The van der Waals surface area contributed by atoms with Crippen LogP contribution in [0.3, 0.4) is 0 Å². The Morgan fingerprint density at radius 2 is 1.03 bits per heavy atom. The third-order valence-electron chi connectivity index (χ3n) is 3.88. The van der Waals surface area contributed by atoms with Crippen molar-refractivity contribution >= 4 is 23.3 Å². The van der Waals surface area contributed by atoms with Crippen molar-refractivity contribution in [3.8, 4) is 22.8 Å². The van der Waals surface area contributed by atoms with Crippen LogP contribution in [0.2, 0.25) is 0 Å². The van der Waals surface area contributed by atoms with E-state index in [4.69, 9.17) is 0 Å². The normalized spacial score (nSPS) is 11.1. The molecule has 30 heavy (non-hydrogen) atoms. The van der Waals surface area contributed by atoms with Crippen molar-refractivity contribution in [1.29, 1.82) is 0 Å². The molecule has 0 bridgehead atoms. The third kappa shape index (κ3) is 3.86. The molecule has 14 heteroatoms. The second-order valence-corrected chi connectivity index (χ2v) is 5.78. The Kier molecular flexibility index (Phi) is 4.70. The number of aromatic nitrogens is 6. The van der Waals surface area contributed by atoms with E-state index in [9.17, 15) is 20.2 Å². The lowest BCUT2D eigenvalue weighted by atomic mass is 10.2. The molecule has 2 N–H and O–H groups in total. The summed E-state index contributed by atoms with van der Waals surface area (Å²) in [6.07, 6.45) is 0. The van der Waals surface area contributed by atoms with Gasteiger partial charge in [0, 0.05) is 35.4 Å². The Morgan fingerprint density at radius 1 is 0.667 bits per heavy atom. The lowest BCUT2D eigenvalue weighted by Gasteiger charge is -1.94. The van der Waals surface area contributed by atoms with E-state index in [1.54, 1.807) is 0 Å². The highest BCUT2D eigenvalue weighted by Gasteiger charge is 2.10. The van der Waals surface area contributed by atoms with Gasteiger partial charge in [0.05, 0.1) is 9.85 Å². The summed E-state index contributed by atoms with van der Waals surface area (Å²) in [6.45, 7) is 0. The second kappa shape index (κ2) is 7.63. The zero-order chi connectivity index (χ0) is 21.1. The molecule has 0 spiro atoms. The minimum atomic E-state index is -0.494. The van der Waals surface area contributed by atoms with Crippen molar-refractivity contribution in [2.75, 3.05) is 0 Å². The van der Waals surface area contributed by atoms with E-state index in [2.05, 4.69) is 40.6 Å². The van der Waals surface area contributed by atoms with Crippen molar-refractivity contribution < 1.29 is 9.85 Å². The molecular weight excluding hydrogens is 396 g/mol. The number of non-ortho nitro benzene ring substituents is 2. The van der Waals surface area contributed by atoms with Gasteiger partial charge in [-0.15, -0.1) is 20.4 Å². The Hall–Kier alpha value is -4.88. The Morgan fingerprint density at radius 3 is 1.37 bits per heavy atom. The third-order valence-corrected chi connectivity index (χ3v) is 3.88. The molecule has 0 radical (unpaired) electrons. The van der Waals surface area contributed by atoms with Gasteiger partial charge < -0.3 is 0 Å². The SMILES string of the molecule is O=[N+]([O-])c1ccc(-c2nc(N=Nc3n[nH]c(-c4ccc([N+](=O)[O-])cc4)n3)n[nH]2)cc1. The minimum Gasteiger partial charge on any atom is -0.258 e. The number of aromatic amines is 2. The summed E-state index contributed by atoms with van der Waals surface area (Å²) in [6, 6.07) is 11.5. The lowest BCUT2D eigenvalue weighted by molar-refractivity contribution is -0.385. The van der Waals surface area contributed by atoms with Gasteiger partial charge in [-0.1, -0.05) is 0 Å². The monoisotopic (exact) mass is 406 g/mol. The second-order valence-electron chi connectivity index (χ2n) is 5.78. The first-order chi connectivity index (χ1) is 14.5. The predicted octanol–water partition coefficient (Wildman–Crippen LogP) is 3.49. The number of nitrogens with one attached hydrogen (secondary N) is 2. The van der Waals surface area contributed by atoms with Crippen LogP contribution in [0.5, 0.6) is 0 Å². The van der Waals surface area contributed by atoms with Crippen LogP contribution in [-0.4, -0.2) is 40.2 Å². The molecule has 148 valence electrons. The highest BCUT2D eigenvalue weighted by molar-refractivity contribution is 5.58. The molecule has 0 atom stereocenters. The van der Waals surface area contributed by atoms with Gasteiger partial charge in [-0.2, -0.15) is 9.97 Å². The first kappa shape index (κ1) is 18.5. The molecule has 0 amide bonds. The van der Waals surface area contributed by atoms with Crippen LogP contribution < -0.4 is 0 Å². The average Bonchev–Trinajstić information content (AvgIpc) is 3.42. The van der Waals surface area contributed by atoms with Crippen LogP contribution in [-0.2, 0) is 0 Å². The van der Waals surface area contributed by atoms with Crippen LogP contribution in [0.15, 0.2) is 58.8 Å². The molecular formula is C16H10N10O4. The van der Waals surface area contributed by atoms with E-state index in [-0.39, 0.29) is 23.3 Å². The van der Waals surface area contributed by atoms with Gasteiger partial charge in [-0.3, -0.25) is 30.4 Å². The molecule has 0 saturated carbocycles. The zero-order valence-electron chi connectivity index (χ0n) is 14.8. The molecule has 0 fully saturated rings. The molecule has 0 unspecified atom stereocenters. The number of azo groups is 1. The predicted molar refractivity (Wildman–Crippen MR) is 101 cm³/mol. The van der Waals surface area contributed by atoms with Crippen molar-refractivity contribution in [2.45, 2.75) is 0 Å². The number of H-pyrrole nitrogens is 2. The van der Waals surface area contributed by atoms with Gasteiger partial charge in [-0.05, 0) is 24.3 Å². The number of hydrogen-bond donors (Lipinski definition) is 2. The fourth-order valence-corrected chi connectivity index (χ4v) is 2.43. The number of nitrogens with zero attached hydrogens (tertiary/aromatic N) is 8. The van der Waals surface area contributed by atoms with E-state index < -0.39 is 9.85 Å². The molecule has 4 aromatic rings.